The van der Waals surface area contributed by atoms with Gasteiger partial charge in [0.05, 0.1) is 16.3 Å². The van der Waals surface area contributed by atoms with Crippen molar-refractivity contribution >= 4 is 28.8 Å². The fourth-order valence-electron chi connectivity index (χ4n) is 2.93. The predicted octanol–water partition coefficient (Wildman–Crippen LogP) is 3.58. The van der Waals surface area contributed by atoms with E-state index in [9.17, 15) is 4.79 Å². The summed E-state index contributed by atoms with van der Waals surface area (Å²) in [6, 6.07) is 14.0. The summed E-state index contributed by atoms with van der Waals surface area (Å²) in [6.45, 7) is 3.56. The average Bonchev–Trinajstić information content (AvgIpc) is 3.16. The summed E-state index contributed by atoms with van der Waals surface area (Å²) in [7, 11) is 0. The summed E-state index contributed by atoms with van der Waals surface area (Å²) in [5.74, 6) is 0.275. The lowest BCUT2D eigenvalue weighted by atomic mass is 9.93. The highest BCUT2D eigenvalue weighted by atomic mass is 35.5. The van der Waals surface area contributed by atoms with Gasteiger partial charge in [0.1, 0.15) is 0 Å². The van der Waals surface area contributed by atoms with Crippen LogP contribution in [0.4, 0.5) is 0 Å². The van der Waals surface area contributed by atoms with Crippen molar-refractivity contribution in [3.8, 4) is 0 Å². The van der Waals surface area contributed by atoms with Gasteiger partial charge in [0.15, 0.2) is 0 Å². The average molecular weight is 335 g/mol. The first-order valence-electron chi connectivity index (χ1n) is 7.46. The standard InChI is InChI=1S/C17H19ClN2OS/c1-11(12-5-3-2-4-6-12)20-17(21)14-10-19-9-13(14)15-7-8-16(18)22-15/h2-8,11,13-14,19H,9-10H2,1H3,(H,20,21)/t11-,13+,14+/m0/s1. The maximum Gasteiger partial charge on any atom is 0.225 e. The minimum absolute atomic E-state index is 0.0156. The summed E-state index contributed by atoms with van der Waals surface area (Å²) < 4.78 is 0.777. The number of amides is 1. The van der Waals surface area contributed by atoms with Gasteiger partial charge in [0.25, 0.3) is 0 Å². The lowest BCUT2D eigenvalue weighted by molar-refractivity contribution is -0.125. The first-order valence-corrected chi connectivity index (χ1v) is 8.66. The molecule has 3 atom stereocenters. The molecule has 0 unspecified atom stereocenters. The quantitative estimate of drug-likeness (QED) is 0.897. The number of thiophene rings is 1. The van der Waals surface area contributed by atoms with Gasteiger partial charge in [0, 0.05) is 23.9 Å². The van der Waals surface area contributed by atoms with E-state index in [4.69, 9.17) is 11.6 Å². The van der Waals surface area contributed by atoms with Crippen molar-refractivity contribution in [1.82, 2.24) is 10.6 Å². The molecule has 1 amide bonds. The van der Waals surface area contributed by atoms with Crippen molar-refractivity contribution in [1.29, 1.82) is 0 Å². The highest BCUT2D eigenvalue weighted by Gasteiger charge is 2.35. The molecule has 22 heavy (non-hydrogen) atoms. The SMILES string of the molecule is C[C@H](NC(=O)[C@@H]1CNC[C@H]1c1ccc(Cl)s1)c1ccccc1. The van der Waals surface area contributed by atoms with Crippen molar-refractivity contribution in [3.05, 3.63) is 57.2 Å². The molecular formula is C17H19ClN2OS. The third-order valence-corrected chi connectivity index (χ3v) is 5.53. The monoisotopic (exact) mass is 334 g/mol. The topological polar surface area (TPSA) is 41.1 Å². The maximum absolute atomic E-state index is 12.6. The van der Waals surface area contributed by atoms with E-state index in [-0.39, 0.29) is 23.8 Å². The van der Waals surface area contributed by atoms with Crippen LogP contribution in [-0.2, 0) is 4.79 Å². The number of carbonyl (C=O) groups excluding carboxylic acids is 1. The number of nitrogens with one attached hydrogen (secondary N) is 2. The normalized spacial score (nSPS) is 22.5. The van der Waals surface area contributed by atoms with E-state index < -0.39 is 0 Å². The van der Waals surface area contributed by atoms with Crippen molar-refractivity contribution in [2.24, 2.45) is 5.92 Å². The molecule has 0 spiro atoms. The molecular weight excluding hydrogens is 316 g/mol. The lowest BCUT2D eigenvalue weighted by Crippen LogP contribution is -2.35. The van der Waals surface area contributed by atoms with Gasteiger partial charge in [-0.05, 0) is 24.6 Å². The van der Waals surface area contributed by atoms with Crippen LogP contribution < -0.4 is 10.6 Å². The second-order valence-corrected chi connectivity index (χ2v) is 7.40. The Kier molecular flexibility index (Phi) is 4.81. The number of hydrogen-bond acceptors (Lipinski definition) is 3. The molecule has 3 nitrogen and oxygen atoms in total. The Bertz CT molecular complexity index is 643. The number of benzene rings is 1. The van der Waals surface area contributed by atoms with Crippen LogP contribution >= 0.6 is 22.9 Å². The molecule has 1 aromatic heterocycles. The largest absolute Gasteiger partial charge is 0.349 e. The Hall–Kier alpha value is -1.36. The van der Waals surface area contributed by atoms with Crippen LogP contribution in [0.1, 0.15) is 29.3 Å². The van der Waals surface area contributed by atoms with Crippen LogP contribution in [0.15, 0.2) is 42.5 Å². The second kappa shape index (κ2) is 6.82. The molecule has 2 heterocycles. The molecule has 1 aliphatic heterocycles. The molecule has 116 valence electrons. The Balaban J connectivity index is 1.69. The minimum Gasteiger partial charge on any atom is -0.349 e. The van der Waals surface area contributed by atoms with Gasteiger partial charge >= 0.3 is 0 Å². The summed E-state index contributed by atoms with van der Waals surface area (Å²) in [5.41, 5.74) is 1.12. The first kappa shape index (κ1) is 15.5. The van der Waals surface area contributed by atoms with Crippen LogP contribution in [0.3, 0.4) is 0 Å². The van der Waals surface area contributed by atoms with E-state index in [2.05, 4.69) is 10.6 Å². The smallest absolute Gasteiger partial charge is 0.225 e. The van der Waals surface area contributed by atoms with E-state index in [1.807, 2.05) is 49.4 Å². The molecule has 2 aromatic rings. The van der Waals surface area contributed by atoms with Gasteiger partial charge in [-0.1, -0.05) is 41.9 Å². The number of hydrogen-bond donors (Lipinski definition) is 2. The van der Waals surface area contributed by atoms with E-state index in [1.165, 1.54) is 4.88 Å². The Morgan fingerprint density at radius 2 is 2.05 bits per heavy atom. The van der Waals surface area contributed by atoms with Gasteiger partial charge in [0.2, 0.25) is 5.91 Å². The molecule has 2 N–H and O–H groups in total. The highest BCUT2D eigenvalue weighted by molar-refractivity contribution is 7.16. The van der Waals surface area contributed by atoms with Crippen molar-refractivity contribution < 1.29 is 4.79 Å². The van der Waals surface area contributed by atoms with Crippen LogP contribution in [0, 0.1) is 5.92 Å². The fraction of sp³-hybridized carbons (Fsp3) is 0.353. The summed E-state index contributed by atoms with van der Waals surface area (Å²) in [6.07, 6.45) is 0. The van der Waals surface area contributed by atoms with E-state index in [0.717, 1.165) is 16.4 Å². The zero-order valence-electron chi connectivity index (χ0n) is 12.4. The van der Waals surface area contributed by atoms with Crippen LogP contribution in [0.5, 0.6) is 0 Å². The van der Waals surface area contributed by atoms with Gasteiger partial charge in [-0.2, -0.15) is 0 Å². The zero-order chi connectivity index (χ0) is 15.5. The molecule has 1 fully saturated rings. The third-order valence-electron chi connectivity index (χ3n) is 4.17. The van der Waals surface area contributed by atoms with Crippen molar-refractivity contribution in [3.63, 3.8) is 0 Å². The maximum atomic E-state index is 12.6. The Morgan fingerprint density at radius 3 is 2.73 bits per heavy atom. The number of halogens is 1. The molecule has 1 aliphatic rings. The number of carbonyl (C=O) groups is 1. The van der Waals surface area contributed by atoms with Gasteiger partial charge < -0.3 is 10.6 Å². The molecule has 1 aromatic carbocycles. The van der Waals surface area contributed by atoms with Gasteiger partial charge in [-0.3, -0.25) is 4.79 Å². The first-order chi connectivity index (χ1) is 10.6. The van der Waals surface area contributed by atoms with Crippen LogP contribution in [0.2, 0.25) is 4.34 Å². The Labute approximate surface area is 139 Å². The van der Waals surface area contributed by atoms with Crippen molar-refractivity contribution in [2.75, 3.05) is 13.1 Å². The minimum atomic E-state index is -0.0409. The summed E-state index contributed by atoms with van der Waals surface area (Å²) >= 11 is 7.59. The zero-order valence-corrected chi connectivity index (χ0v) is 14.0. The molecule has 0 radical (unpaired) electrons. The number of rotatable bonds is 4. The Morgan fingerprint density at radius 1 is 1.27 bits per heavy atom. The molecule has 0 saturated carbocycles. The molecule has 1 saturated heterocycles. The van der Waals surface area contributed by atoms with Gasteiger partial charge in [-0.15, -0.1) is 11.3 Å². The summed E-state index contributed by atoms with van der Waals surface area (Å²) in [5, 5.41) is 6.46. The third kappa shape index (κ3) is 3.35. The van der Waals surface area contributed by atoms with E-state index in [0.29, 0.717) is 6.54 Å². The molecule has 0 aliphatic carbocycles. The summed E-state index contributed by atoms with van der Waals surface area (Å²) in [4.78, 5) is 13.8. The van der Waals surface area contributed by atoms with E-state index in [1.54, 1.807) is 11.3 Å². The molecule has 0 bridgehead atoms. The molecule has 5 heteroatoms. The second-order valence-electron chi connectivity index (χ2n) is 5.65. The lowest BCUT2D eigenvalue weighted by Gasteiger charge is -2.20. The highest BCUT2D eigenvalue weighted by Crippen LogP contribution is 2.35. The van der Waals surface area contributed by atoms with Crippen LogP contribution in [0.25, 0.3) is 0 Å². The fourth-order valence-corrected chi connectivity index (χ4v) is 4.15. The van der Waals surface area contributed by atoms with Gasteiger partial charge in [-0.25, -0.2) is 0 Å². The molecule has 3 rings (SSSR count). The predicted molar refractivity (Wildman–Crippen MR) is 91.4 cm³/mol. The van der Waals surface area contributed by atoms with Crippen LogP contribution in [-0.4, -0.2) is 19.0 Å². The van der Waals surface area contributed by atoms with E-state index >= 15 is 0 Å². The van der Waals surface area contributed by atoms with Crippen molar-refractivity contribution in [2.45, 2.75) is 18.9 Å².